The van der Waals surface area contributed by atoms with E-state index in [9.17, 15) is 0 Å². The molecule has 5 nitrogen and oxygen atoms in total. The lowest BCUT2D eigenvalue weighted by atomic mass is 10.3. The number of nitrogen functional groups attached to an aromatic ring is 1. The third-order valence-corrected chi connectivity index (χ3v) is 2.68. The summed E-state index contributed by atoms with van der Waals surface area (Å²) in [5, 5.41) is 0. The van der Waals surface area contributed by atoms with E-state index in [1.54, 1.807) is 6.07 Å². The van der Waals surface area contributed by atoms with Crippen molar-refractivity contribution < 1.29 is 0 Å². The maximum absolute atomic E-state index is 5.71. The van der Waals surface area contributed by atoms with E-state index in [2.05, 4.69) is 19.9 Å². The molecule has 0 saturated carbocycles. The molecule has 0 radical (unpaired) electrons. The van der Waals surface area contributed by atoms with Crippen molar-refractivity contribution in [3.05, 3.63) is 47.7 Å². The second kappa shape index (κ2) is 4.10. The van der Waals surface area contributed by atoms with E-state index in [0.29, 0.717) is 18.1 Å². The van der Waals surface area contributed by atoms with E-state index in [-0.39, 0.29) is 0 Å². The fourth-order valence-electron chi connectivity index (χ4n) is 1.97. The highest BCUT2D eigenvalue weighted by Crippen LogP contribution is 2.12. The first-order valence-electron chi connectivity index (χ1n) is 5.74. The number of imidazole rings is 1. The van der Waals surface area contributed by atoms with Gasteiger partial charge in [-0.25, -0.2) is 15.0 Å². The van der Waals surface area contributed by atoms with E-state index < -0.39 is 0 Å². The number of aromatic nitrogens is 4. The number of hydrogen-bond acceptors (Lipinski definition) is 4. The van der Waals surface area contributed by atoms with Crippen molar-refractivity contribution in [2.24, 2.45) is 0 Å². The van der Waals surface area contributed by atoms with Crippen LogP contribution in [0, 0.1) is 6.92 Å². The molecule has 3 rings (SSSR count). The molecule has 18 heavy (non-hydrogen) atoms. The maximum Gasteiger partial charge on any atom is 0.138 e. The summed E-state index contributed by atoms with van der Waals surface area (Å²) in [5.41, 5.74) is 8.55. The number of nitrogens with two attached hydrogens (primary N) is 1. The number of hydrogen-bond donors (Lipinski definition) is 2. The fraction of sp³-hybridized carbons (Fsp3) is 0.154. The van der Waals surface area contributed by atoms with Gasteiger partial charge in [-0.1, -0.05) is 12.1 Å². The van der Waals surface area contributed by atoms with Crippen LogP contribution in [0.2, 0.25) is 0 Å². The molecule has 0 aliphatic carbocycles. The van der Waals surface area contributed by atoms with Crippen LogP contribution >= 0.6 is 0 Å². The van der Waals surface area contributed by atoms with Gasteiger partial charge in [-0.3, -0.25) is 0 Å². The van der Waals surface area contributed by atoms with Gasteiger partial charge in [-0.2, -0.15) is 0 Å². The highest BCUT2D eigenvalue weighted by molar-refractivity contribution is 5.74. The first kappa shape index (κ1) is 10.7. The molecule has 0 unspecified atom stereocenters. The molecule has 5 heteroatoms. The zero-order valence-electron chi connectivity index (χ0n) is 10.0. The lowest BCUT2D eigenvalue weighted by Crippen LogP contribution is -2.03. The molecule has 1 aromatic carbocycles. The number of H-pyrrole nitrogens is 1. The summed E-state index contributed by atoms with van der Waals surface area (Å²) in [6, 6.07) is 9.67. The topological polar surface area (TPSA) is 80.5 Å². The van der Waals surface area contributed by atoms with Crippen molar-refractivity contribution in [3.8, 4) is 0 Å². The van der Waals surface area contributed by atoms with Crippen molar-refractivity contribution >= 4 is 16.9 Å². The van der Waals surface area contributed by atoms with Crippen LogP contribution in [0.25, 0.3) is 11.0 Å². The fourth-order valence-corrected chi connectivity index (χ4v) is 1.97. The van der Waals surface area contributed by atoms with E-state index in [1.807, 2.05) is 31.2 Å². The molecule has 0 fully saturated rings. The molecule has 2 heterocycles. The monoisotopic (exact) mass is 239 g/mol. The molecule has 0 bridgehead atoms. The van der Waals surface area contributed by atoms with Crippen LogP contribution in [0.4, 0.5) is 5.82 Å². The molecular formula is C13H13N5. The standard InChI is InChI=1S/C13H13N5/c1-8-6-11(14)18-12(15-8)7-13-16-9-4-2-3-5-10(9)17-13/h2-6H,7H2,1H3,(H,16,17)(H2,14,15,18). The average Bonchev–Trinajstić information content (AvgIpc) is 2.69. The van der Waals surface area contributed by atoms with Crippen LogP contribution in [-0.4, -0.2) is 19.9 Å². The zero-order chi connectivity index (χ0) is 12.5. The Morgan fingerprint density at radius 1 is 1.17 bits per heavy atom. The van der Waals surface area contributed by atoms with Crippen molar-refractivity contribution in [2.75, 3.05) is 5.73 Å². The Balaban J connectivity index is 1.96. The van der Waals surface area contributed by atoms with Crippen molar-refractivity contribution in [2.45, 2.75) is 13.3 Å². The molecule has 0 aliphatic heterocycles. The molecule has 0 atom stereocenters. The molecule has 2 aromatic heterocycles. The summed E-state index contributed by atoms with van der Waals surface area (Å²) in [6.45, 7) is 1.90. The quantitative estimate of drug-likeness (QED) is 0.715. The number of aromatic amines is 1. The van der Waals surface area contributed by atoms with Crippen LogP contribution in [0.1, 0.15) is 17.3 Å². The zero-order valence-corrected chi connectivity index (χ0v) is 10.0. The Bertz CT molecular complexity index is 648. The Morgan fingerprint density at radius 3 is 2.78 bits per heavy atom. The van der Waals surface area contributed by atoms with Crippen LogP contribution in [0.5, 0.6) is 0 Å². The minimum atomic E-state index is 0.494. The second-order valence-corrected chi connectivity index (χ2v) is 4.23. The summed E-state index contributed by atoms with van der Waals surface area (Å²) in [4.78, 5) is 16.3. The van der Waals surface area contributed by atoms with Gasteiger partial charge in [0.25, 0.3) is 0 Å². The van der Waals surface area contributed by atoms with Gasteiger partial charge in [-0.05, 0) is 19.1 Å². The van der Waals surface area contributed by atoms with Gasteiger partial charge in [0.2, 0.25) is 0 Å². The highest BCUT2D eigenvalue weighted by Gasteiger charge is 2.06. The second-order valence-electron chi connectivity index (χ2n) is 4.23. The van der Waals surface area contributed by atoms with Crippen LogP contribution in [0.15, 0.2) is 30.3 Å². The molecule has 0 saturated heterocycles. The van der Waals surface area contributed by atoms with Crippen LogP contribution in [0.3, 0.4) is 0 Å². The van der Waals surface area contributed by atoms with E-state index >= 15 is 0 Å². The maximum atomic E-state index is 5.71. The third kappa shape index (κ3) is 2.02. The number of aryl methyl sites for hydroxylation is 1. The molecular weight excluding hydrogens is 226 g/mol. The summed E-state index contributed by atoms with van der Waals surface area (Å²) in [5.74, 6) is 2.03. The lowest BCUT2D eigenvalue weighted by Gasteiger charge is -2.00. The Hall–Kier alpha value is -2.43. The Labute approximate surface area is 104 Å². The smallest absolute Gasteiger partial charge is 0.138 e. The van der Waals surface area contributed by atoms with E-state index in [4.69, 9.17) is 5.73 Å². The third-order valence-electron chi connectivity index (χ3n) is 2.68. The first-order chi connectivity index (χ1) is 8.70. The summed E-state index contributed by atoms with van der Waals surface area (Å²) >= 11 is 0. The number of fused-ring (bicyclic) bond motifs is 1. The molecule has 3 aromatic rings. The number of anilines is 1. The van der Waals surface area contributed by atoms with Crippen LogP contribution in [-0.2, 0) is 6.42 Å². The van der Waals surface area contributed by atoms with Gasteiger partial charge in [0.05, 0.1) is 17.5 Å². The molecule has 3 N–H and O–H groups in total. The normalized spacial score (nSPS) is 10.9. The number of nitrogens with zero attached hydrogens (tertiary/aromatic N) is 3. The highest BCUT2D eigenvalue weighted by atomic mass is 15.0. The Kier molecular flexibility index (Phi) is 2.44. The largest absolute Gasteiger partial charge is 0.384 e. The van der Waals surface area contributed by atoms with E-state index in [0.717, 1.165) is 22.6 Å². The van der Waals surface area contributed by atoms with Gasteiger partial charge in [0, 0.05) is 11.8 Å². The van der Waals surface area contributed by atoms with Gasteiger partial charge in [0.1, 0.15) is 17.5 Å². The minimum absolute atomic E-state index is 0.494. The number of benzene rings is 1. The molecule has 0 aliphatic rings. The minimum Gasteiger partial charge on any atom is -0.384 e. The van der Waals surface area contributed by atoms with Crippen molar-refractivity contribution in [1.29, 1.82) is 0 Å². The first-order valence-corrected chi connectivity index (χ1v) is 5.74. The summed E-state index contributed by atoms with van der Waals surface area (Å²) < 4.78 is 0. The van der Waals surface area contributed by atoms with Crippen molar-refractivity contribution in [3.63, 3.8) is 0 Å². The SMILES string of the molecule is Cc1cc(N)nc(Cc2nc3ccccc3[nH]2)n1. The lowest BCUT2D eigenvalue weighted by molar-refractivity contribution is 0.905. The molecule has 0 amide bonds. The van der Waals surface area contributed by atoms with Gasteiger partial charge in [-0.15, -0.1) is 0 Å². The summed E-state index contributed by atoms with van der Waals surface area (Å²) in [6.07, 6.45) is 0.556. The van der Waals surface area contributed by atoms with Gasteiger partial charge < -0.3 is 10.7 Å². The molecule has 90 valence electrons. The number of rotatable bonds is 2. The van der Waals surface area contributed by atoms with Crippen molar-refractivity contribution in [1.82, 2.24) is 19.9 Å². The Morgan fingerprint density at radius 2 is 2.00 bits per heavy atom. The van der Waals surface area contributed by atoms with Crippen LogP contribution < -0.4 is 5.73 Å². The molecule has 0 spiro atoms. The average molecular weight is 239 g/mol. The summed E-state index contributed by atoms with van der Waals surface area (Å²) in [7, 11) is 0. The number of nitrogens with one attached hydrogen (secondary N) is 1. The van der Waals surface area contributed by atoms with Gasteiger partial charge >= 0.3 is 0 Å². The van der Waals surface area contributed by atoms with Gasteiger partial charge in [0.15, 0.2) is 0 Å². The predicted molar refractivity (Wildman–Crippen MR) is 70.1 cm³/mol. The predicted octanol–water partition coefficient (Wildman–Crippen LogP) is 1.83. The number of para-hydroxylation sites is 2. The van der Waals surface area contributed by atoms with E-state index in [1.165, 1.54) is 0 Å².